The van der Waals surface area contributed by atoms with Gasteiger partial charge in [0, 0.05) is 47.8 Å². The van der Waals surface area contributed by atoms with Crippen molar-refractivity contribution in [1.29, 1.82) is 0 Å². The minimum atomic E-state index is 0. The first-order valence-electron chi connectivity index (χ1n) is 15.9. The largest absolute Gasteiger partial charge is 0.403 e. The van der Waals surface area contributed by atoms with Crippen LogP contribution in [0.3, 0.4) is 0 Å². The molecule has 0 atom stereocenters. The molecule has 0 saturated carbocycles. The number of aryl methyl sites for hydroxylation is 6. The van der Waals surface area contributed by atoms with Crippen molar-refractivity contribution in [2.75, 3.05) is 36.0 Å². The fourth-order valence-corrected chi connectivity index (χ4v) is 5.60. The maximum absolute atomic E-state index is 4.58. The standard InChI is InChI=1S/C32H46N12.2CH3/c1-7-39-23-33-43(9-3)31(39)37-35-29-15-13-27(21-25(29)5)41-17-11-19-42(20-12-18-41)28-14-16-30(26(6)22-28)36-38-32-40(8-2)24-34-44(32)10-4;;/h13-16,21-24H,7-12,17-20H2,1-6H3;2*1H3/q+2;2*-1. The van der Waals surface area contributed by atoms with E-state index in [-0.39, 0.29) is 14.9 Å². The summed E-state index contributed by atoms with van der Waals surface area (Å²) in [6.07, 6.45) is 5.78. The molecule has 0 spiro atoms. The summed E-state index contributed by atoms with van der Waals surface area (Å²) in [4.78, 5) is 5.00. The molecule has 1 aliphatic rings. The van der Waals surface area contributed by atoms with Gasteiger partial charge in [0.15, 0.2) is 0 Å². The Morgan fingerprint density at radius 2 is 1.00 bits per heavy atom. The first-order chi connectivity index (χ1) is 21.4. The van der Waals surface area contributed by atoms with Gasteiger partial charge < -0.3 is 24.7 Å². The Morgan fingerprint density at radius 3 is 1.33 bits per heavy atom. The second-order valence-electron chi connectivity index (χ2n) is 11.1. The lowest BCUT2D eigenvalue weighted by atomic mass is 10.1. The van der Waals surface area contributed by atoms with Crippen molar-refractivity contribution < 1.29 is 9.13 Å². The van der Waals surface area contributed by atoms with Crippen LogP contribution in [0.15, 0.2) is 69.5 Å². The molecule has 0 amide bonds. The summed E-state index contributed by atoms with van der Waals surface area (Å²) in [6, 6.07) is 13.0. The van der Waals surface area contributed by atoms with Gasteiger partial charge in [-0.1, -0.05) is 10.2 Å². The molecular weight excluding hydrogens is 576 g/mol. The van der Waals surface area contributed by atoms with Gasteiger partial charge in [0.05, 0.1) is 26.2 Å². The van der Waals surface area contributed by atoms with Gasteiger partial charge in [-0.05, 0) is 112 Å². The SMILES string of the molecule is CCn1nc[n+](CC)c1N=Nc1ccc(N2CCCN(c3ccc(N=Nc4n(CC)nc[n+]4CC)c(C)c3)CCC2)cc1C.[CH3-].[CH3-]. The summed E-state index contributed by atoms with van der Waals surface area (Å²) in [7, 11) is 0. The summed E-state index contributed by atoms with van der Waals surface area (Å²) >= 11 is 0. The van der Waals surface area contributed by atoms with Crippen LogP contribution in [0, 0.1) is 28.7 Å². The van der Waals surface area contributed by atoms with Crippen LogP contribution in [0.4, 0.5) is 34.6 Å². The number of benzene rings is 2. The average molecular weight is 629 g/mol. The summed E-state index contributed by atoms with van der Waals surface area (Å²) < 4.78 is 7.75. The van der Waals surface area contributed by atoms with Crippen LogP contribution in [0.2, 0.25) is 0 Å². The van der Waals surface area contributed by atoms with Gasteiger partial charge in [-0.3, -0.25) is 0 Å². The second kappa shape index (κ2) is 16.7. The number of rotatable bonds is 10. The molecular formula is C34H52N12. The van der Waals surface area contributed by atoms with E-state index >= 15 is 0 Å². The van der Waals surface area contributed by atoms with Gasteiger partial charge in [-0.2, -0.15) is 0 Å². The molecule has 248 valence electrons. The molecule has 2 aromatic heterocycles. The Morgan fingerprint density at radius 1 is 0.609 bits per heavy atom. The molecule has 1 saturated heterocycles. The van der Waals surface area contributed by atoms with Crippen LogP contribution in [0.1, 0.15) is 51.7 Å². The van der Waals surface area contributed by atoms with Gasteiger partial charge in [0.2, 0.25) is 12.7 Å². The third-order valence-corrected chi connectivity index (χ3v) is 8.21. The maximum atomic E-state index is 4.58. The van der Waals surface area contributed by atoms with E-state index < -0.39 is 0 Å². The molecule has 0 unspecified atom stereocenters. The fraction of sp³-hybridized carbons (Fsp3) is 0.471. The van der Waals surface area contributed by atoms with Crippen LogP contribution >= 0.6 is 0 Å². The predicted molar refractivity (Wildman–Crippen MR) is 185 cm³/mol. The molecule has 1 fully saturated rings. The normalized spacial score (nSPS) is 14.0. The topological polar surface area (TPSA) is 99.3 Å². The number of hydrogen-bond donors (Lipinski definition) is 0. The smallest absolute Gasteiger partial charge is 0.371 e. The predicted octanol–water partition coefficient (Wildman–Crippen LogP) is 7.19. The van der Waals surface area contributed by atoms with Crippen LogP contribution in [-0.4, -0.2) is 45.7 Å². The molecule has 4 aromatic rings. The third-order valence-electron chi connectivity index (χ3n) is 8.21. The molecule has 0 bridgehead atoms. The van der Waals surface area contributed by atoms with Gasteiger partial charge in [-0.15, -0.1) is 9.36 Å². The van der Waals surface area contributed by atoms with Gasteiger partial charge in [-0.25, -0.2) is 9.13 Å². The first kappa shape index (κ1) is 36.0. The monoisotopic (exact) mass is 628 g/mol. The molecule has 0 N–H and O–H groups in total. The minimum Gasteiger partial charge on any atom is -0.371 e. The Balaban J connectivity index is 0.00000288. The van der Waals surface area contributed by atoms with E-state index in [2.05, 4.69) is 118 Å². The summed E-state index contributed by atoms with van der Waals surface area (Å²) in [6.45, 7) is 19.7. The minimum absolute atomic E-state index is 0. The van der Waals surface area contributed by atoms with Crippen LogP contribution < -0.4 is 18.9 Å². The van der Waals surface area contributed by atoms with Gasteiger partial charge in [0.1, 0.15) is 11.4 Å². The van der Waals surface area contributed by atoms with Crippen molar-refractivity contribution >= 4 is 34.6 Å². The zero-order valence-corrected chi connectivity index (χ0v) is 29.1. The van der Waals surface area contributed by atoms with E-state index in [9.17, 15) is 0 Å². The highest BCUT2D eigenvalue weighted by Gasteiger charge is 2.19. The molecule has 12 heteroatoms. The highest BCUT2D eigenvalue weighted by Crippen LogP contribution is 2.29. The van der Waals surface area contributed by atoms with E-state index in [1.165, 1.54) is 11.4 Å². The van der Waals surface area contributed by atoms with E-state index in [0.29, 0.717) is 0 Å². The van der Waals surface area contributed by atoms with Crippen LogP contribution in [0.25, 0.3) is 0 Å². The van der Waals surface area contributed by atoms with Crippen molar-refractivity contribution in [3.63, 3.8) is 0 Å². The lowest BCUT2D eigenvalue weighted by molar-refractivity contribution is -0.681. The quantitative estimate of drug-likeness (QED) is 0.105. The Hall–Kier alpha value is -4.48. The lowest BCUT2D eigenvalue weighted by Gasteiger charge is -2.33. The van der Waals surface area contributed by atoms with Crippen molar-refractivity contribution in [3.8, 4) is 0 Å². The molecule has 0 aliphatic carbocycles. The molecule has 1 aliphatic heterocycles. The fourth-order valence-electron chi connectivity index (χ4n) is 5.60. The van der Waals surface area contributed by atoms with E-state index in [1.54, 1.807) is 0 Å². The summed E-state index contributed by atoms with van der Waals surface area (Å²) in [5, 5.41) is 27.1. The van der Waals surface area contributed by atoms with Crippen molar-refractivity contribution in [3.05, 3.63) is 75.0 Å². The highest BCUT2D eigenvalue weighted by molar-refractivity contribution is 5.59. The summed E-state index contributed by atoms with van der Waals surface area (Å²) in [5.41, 5.74) is 6.51. The van der Waals surface area contributed by atoms with Crippen molar-refractivity contribution in [2.24, 2.45) is 20.5 Å². The van der Waals surface area contributed by atoms with Crippen LogP contribution in [-0.2, 0) is 26.2 Å². The second-order valence-corrected chi connectivity index (χ2v) is 11.1. The third kappa shape index (κ3) is 8.02. The zero-order valence-electron chi connectivity index (χ0n) is 29.1. The summed E-state index contributed by atoms with van der Waals surface area (Å²) in [5.74, 6) is 1.54. The number of nitrogens with zero attached hydrogens (tertiary/aromatic N) is 12. The van der Waals surface area contributed by atoms with Crippen molar-refractivity contribution in [1.82, 2.24) is 19.6 Å². The Labute approximate surface area is 275 Å². The first-order valence-corrected chi connectivity index (χ1v) is 15.9. The van der Waals surface area contributed by atoms with Gasteiger partial charge in [0.25, 0.3) is 0 Å². The Kier molecular flexibility index (Phi) is 13.1. The van der Waals surface area contributed by atoms with E-state index in [1.807, 2.05) is 31.2 Å². The van der Waals surface area contributed by atoms with Gasteiger partial charge >= 0.3 is 11.9 Å². The molecule has 46 heavy (non-hydrogen) atoms. The zero-order chi connectivity index (χ0) is 31.1. The molecule has 12 nitrogen and oxygen atoms in total. The lowest BCUT2D eigenvalue weighted by Crippen LogP contribution is -2.36. The average Bonchev–Trinajstić information content (AvgIpc) is 3.62. The molecule has 0 radical (unpaired) electrons. The molecule has 3 heterocycles. The number of aromatic nitrogens is 6. The molecule has 2 aromatic carbocycles. The number of anilines is 2. The van der Waals surface area contributed by atoms with Crippen LogP contribution in [0.5, 0.6) is 0 Å². The number of azo groups is 2. The van der Waals surface area contributed by atoms with Crippen molar-refractivity contribution in [2.45, 2.75) is 80.6 Å². The van der Waals surface area contributed by atoms with E-state index in [4.69, 9.17) is 0 Å². The van der Waals surface area contributed by atoms with E-state index in [0.717, 1.165) is 99.6 Å². The number of hydrogen-bond acceptors (Lipinski definition) is 8. The maximum Gasteiger partial charge on any atom is 0.403 e. The molecule has 5 rings (SSSR count). The highest BCUT2D eigenvalue weighted by atomic mass is 15.4. The Bertz CT molecular complexity index is 1450.